The van der Waals surface area contributed by atoms with E-state index in [1.807, 2.05) is 0 Å². The molecule has 1 aromatic heterocycles. The molecule has 0 radical (unpaired) electrons. The van der Waals surface area contributed by atoms with Gasteiger partial charge in [0.25, 0.3) is 5.91 Å². The fourth-order valence-electron chi connectivity index (χ4n) is 2.09. The fourth-order valence-corrected chi connectivity index (χ4v) is 2.43. The standard InChI is InChI=1S/C18H11BrF3NO3/c19-10-1-4-15(13(21)7-10)23-18(24)17-6-3-12(26-17)9-25-16-5-2-11(20)8-14(16)22/h1-8H,9H2,(H,23,24). The van der Waals surface area contributed by atoms with Gasteiger partial charge in [-0.05, 0) is 42.5 Å². The minimum Gasteiger partial charge on any atom is -0.483 e. The number of hydrogen-bond acceptors (Lipinski definition) is 3. The molecule has 0 fully saturated rings. The molecule has 1 heterocycles. The second-order valence-corrected chi connectivity index (χ2v) is 6.12. The Morgan fingerprint density at radius 2 is 1.85 bits per heavy atom. The average Bonchev–Trinajstić information content (AvgIpc) is 3.06. The van der Waals surface area contributed by atoms with Crippen molar-refractivity contribution in [2.45, 2.75) is 6.61 Å². The lowest BCUT2D eigenvalue weighted by Crippen LogP contribution is -2.12. The lowest BCUT2D eigenvalue weighted by atomic mass is 10.3. The molecule has 0 spiro atoms. The minimum absolute atomic E-state index is 0.000725. The molecule has 3 rings (SSSR count). The Hall–Kier alpha value is -2.74. The van der Waals surface area contributed by atoms with Crippen molar-refractivity contribution in [2.24, 2.45) is 0 Å². The normalized spacial score (nSPS) is 10.6. The Labute approximate surface area is 154 Å². The molecule has 4 nitrogen and oxygen atoms in total. The van der Waals surface area contributed by atoms with Gasteiger partial charge in [-0.1, -0.05) is 15.9 Å². The number of furan rings is 1. The highest BCUT2D eigenvalue weighted by Gasteiger charge is 2.14. The average molecular weight is 426 g/mol. The summed E-state index contributed by atoms with van der Waals surface area (Å²) >= 11 is 3.12. The Kier molecular flexibility index (Phi) is 5.32. The quantitative estimate of drug-likeness (QED) is 0.603. The summed E-state index contributed by atoms with van der Waals surface area (Å²) in [5.74, 6) is -2.78. The number of benzene rings is 2. The van der Waals surface area contributed by atoms with E-state index in [4.69, 9.17) is 9.15 Å². The molecule has 0 bridgehead atoms. The molecule has 134 valence electrons. The van der Waals surface area contributed by atoms with E-state index in [2.05, 4.69) is 21.2 Å². The predicted molar refractivity (Wildman–Crippen MR) is 91.5 cm³/mol. The number of nitrogens with one attached hydrogen (secondary N) is 1. The van der Waals surface area contributed by atoms with E-state index in [1.165, 1.54) is 24.3 Å². The highest BCUT2D eigenvalue weighted by Crippen LogP contribution is 2.22. The number of hydrogen-bond donors (Lipinski definition) is 1. The first kappa shape index (κ1) is 18.1. The molecule has 1 N–H and O–H groups in total. The number of carbonyl (C=O) groups excluding carboxylic acids is 1. The number of ether oxygens (including phenoxy) is 1. The van der Waals surface area contributed by atoms with Crippen molar-refractivity contribution in [2.75, 3.05) is 5.32 Å². The maximum Gasteiger partial charge on any atom is 0.291 e. The molecule has 2 aromatic carbocycles. The van der Waals surface area contributed by atoms with Gasteiger partial charge in [0.15, 0.2) is 17.3 Å². The first-order chi connectivity index (χ1) is 12.4. The third-order valence-electron chi connectivity index (χ3n) is 3.33. The van der Waals surface area contributed by atoms with E-state index in [0.29, 0.717) is 10.5 Å². The van der Waals surface area contributed by atoms with Crippen LogP contribution in [0.3, 0.4) is 0 Å². The predicted octanol–water partition coefficient (Wildman–Crippen LogP) is 5.29. The molecule has 0 saturated heterocycles. The zero-order chi connectivity index (χ0) is 18.7. The van der Waals surface area contributed by atoms with Crippen LogP contribution in [0.5, 0.6) is 5.75 Å². The Balaban J connectivity index is 1.64. The van der Waals surface area contributed by atoms with Gasteiger partial charge in [-0.25, -0.2) is 13.2 Å². The molecule has 26 heavy (non-hydrogen) atoms. The largest absolute Gasteiger partial charge is 0.483 e. The van der Waals surface area contributed by atoms with Crippen LogP contribution in [-0.2, 0) is 6.61 Å². The molecule has 0 aliphatic heterocycles. The molecule has 0 atom stereocenters. The zero-order valence-corrected chi connectivity index (χ0v) is 14.6. The summed E-state index contributed by atoms with van der Waals surface area (Å²) in [7, 11) is 0. The fraction of sp³-hybridized carbons (Fsp3) is 0.0556. The first-order valence-electron chi connectivity index (χ1n) is 7.35. The molecular weight excluding hydrogens is 415 g/mol. The molecule has 0 aliphatic carbocycles. The Bertz CT molecular complexity index is 959. The number of anilines is 1. The third-order valence-corrected chi connectivity index (χ3v) is 3.82. The Morgan fingerprint density at radius 1 is 1.04 bits per heavy atom. The van der Waals surface area contributed by atoms with Crippen molar-refractivity contribution in [3.63, 3.8) is 0 Å². The van der Waals surface area contributed by atoms with Gasteiger partial charge in [-0.15, -0.1) is 0 Å². The molecule has 8 heteroatoms. The van der Waals surface area contributed by atoms with Crippen LogP contribution in [-0.4, -0.2) is 5.91 Å². The van der Waals surface area contributed by atoms with Gasteiger partial charge < -0.3 is 14.5 Å². The van der Waals surface area contributed by atoms with Crippen LogP contribution in [0.4, 0.5) is 18.9 Å². The Morgan fingerprint density at radius 3 is 2.58 bits per heavy atom. The maximum atomic E-state index is 13.7. The van der Waals surface area contributed by atoms with Crippen molar-refractivity contribution < 1.29 is 27.1 Å². The van der Waals surface area contributed by atoms with Crippen LogP contribution < -0.4 is 10.1 Å². The van der Waals surface area contributed by atoms with E-state index >= 15 is 0 Å². The first-order valence-corrected chi connectivity index (χ1v) is 8.14. The van der Waals surface area contributed by atoms with E-state index in [9.17, 15) is 18.0 Å². The second-order valence-electron chi connectivity index (χ2n) is 5.21. The van der Waals surface area contributed by atoms with Crippen LogP contribution in [0.2, 0.25) is 0 Å². The van der Waals surface area contributed by atoms with E-state index in [-0.39, 0.29) is 29.6 Å². The van der Waals surface area contributed by atoms with Crippen LogP contribution >= 0.6 is 15.9 Å². The van der Waals surface area contributed by atoms with Crippen molar-refractivity contribution >= 4 is 27.5 Å². The molecule has 1 amide bonds. The van der Waals surface area contributed by atoms with Crippen LogP contribution in [0.25, 0.3) is 0 Å². The van der Waals surface area contributed by atoms with Gasteiger partial charge >= 0.3 is 0 Å². The van der Waals surface area contributed by atoms with E-state index < -0.39 is 23.4 Å². The van der Waals surface area contributed by atoms with Crippen molar-refractivity contribution in [3.05, 3.63) is 82.0 Å². The smallest absolute Gasteiger partial charge is 0.291 e. The van der Waals surface area contributed by atoms with E-state index in [0.717, 1.165) is 12.1 Å². The van der Waals surface area contributed by atoms with Crippen molar-refractivity contribution in [1.82, 2.24) is 0 Å². The van der Waals surface area contributed by atoms with Gasteiger partial charge in [0.2, 0.25) is 0 Å². The minimum atomic E-state index is -0.847. The van der Waals surface area contributed by atoms with Crippen molar-refractivity contribution in [3.8, 4) is 5.75 Å². The summed E-state index contributed by atoms with van der Waals surface area (Å²) in [5, 5.41) is 2.39. The molecule has 0 saturated carbocycles. The highest BCUT2D eigenvalue weighted by atomic mass is 79.9. The molecule has 0 aliphatic rings. The SMILES string of the molecule is O=C(Nc1ccc(Br)cc1F)c1ccc(COc2ccc(F)cc2F)o1. The summed E-state index contributed by atoms with van der Waals surface area (Å²) in [5.41, 5.74) is 0.000725. The van der Waals surface area contributed by atoms with Crippen molar-refractivity contribution in [1.29, 1.82) is 0 Å². The van der Waals surface area contributed by atoms with Crippen LogP contribution in [0.1, 0.15) is 16.3 Å². The lowest BCUT2D eigenvalue weighted by Gasteiger charge is -2.06. The van der Waals surface area contributed by atoms with Crippen LogP contribution in [0, 0.1) is 17.5 Å². The van der Waals surface area contributed by atoms with Gasteiger partial charge in [0, 0.05) is 10.5 Å². The highest BCUT2D eigenvalue weighted by molar-refractivity contribution is 9.10. The lowest BCUT2D eigenvalue weighted by molar-refractivity contribution is 0.0992. The second kappa shape index (κ2) is 7.65. The van der Waals surface area contributed by atoms with Crippen LogP contribution in [0.15, 0.2) is 57.4 Å². The van der Waals surface area contributed by atoms with Gasteiger partial charge in [0.1, 0.15) is 24.0 Å². The number of carbonyl (C=O) groups is 1. The third kappa shape index (κ3) is 4.26. The van der Waals surface area contributed by atoms with Gasteiger partial charge in [-0.2, -0.15) is 0 Å². The summed E-state index contributed by atoms with van der Waals surface area (Å²) in [4.78, 5) is 12.1. The monoisotopic (exact) mass is 425 g/mol. The maximum absolute atomic E-state index is 13.7. The number of amides is 1. The molecule has 0 unspecified atom stereocenters. The summed E-state index contributed by atoms with van der Waals surface area (Å²) in [6.07, 6.45) is 0. The molecule has 3 aromatic rings. The van der Waals surface area contributed by atoms with Gasteiger partial charge in [-0.3, -0.25) is 4.79 Å². The summed E-state index contributed by atoms with van der Waals surface area (Å²) < 4.78 is 51.1. The van der Waals surface area contributed by atoms with Gasteiger partial charge in [0.05, 0.1) is 5.69 Å². The summed E-state index contributed by atoms with van der Waals surface area (Å²) in [6, 6.07) is 9.96. The topological polar surface area (TPSA) is 51.5 Å². The number of rotatable bonds is 5. The molecular formula is C18H11BrF3NO3. The summed E-state index contributed by atoms with van der Waals surface area (Å²) in [6.45, 7) is -0.164. The van der Waals surface area contributed by atoms with E-state index in [1.54, 1.807) is 6.07 Å². The zero-order valence-electron chi connectivity index (χ0n) is 13.1. The number of halogens is 4.